The second-order valence-corrected chi connectivity index (χ2v) is 15.2. The summed E-state index contributed by atoms with van der Waals surface area (Å²) in [5, 5.41) is 14.7. The third-order valence-corrected chi connectivity index (χ3v) is 12.1. The standard InChI is InChI=1S/C57H37NO/c1-3-16-36(4-2)54-46-21-8-10-23-48(46)56(49-24-11-9-22-47(49)54)45-27-15-26-41-43(45)33-34-50-52(41)35-38-17-5-6-18-40(38)55(50)37-29-31-39(32-30-37)58-53-28-14-13-20-44(53)42-19-7-12-25-51(42)57(58)59/h3-35H,1-2H2/b36-16+. The van der Waals surface area contributed by atoms with Crippen molar-refractivity contribution in [1.82, 2.24) is 4.57 Å². The van der Waals surface area contributed by atoms with Crippen LogP contribution in [-0.2, 0) is 0 Å². The number of benzene rings is 10. The third kappa shape index (κ3) is 5.24. The van der Waals surface area contributed by atoms with E-state index in [4.69, 9.17) is 0 Å². The minimum atomic E-state index is -0.0190. The number of fused-ring (bicyclic) bond motifs is 9. The minimum absolute atomic E-state index is 0.0190. The maximum absolute atomic E-state index is 14.1. The molecule has 0 aliphatic rings. The largest absolute Gasteiger partial charge is 0.276 e. The van der Waals surface area contributed by atoms with E-state index in [-0.39, 0.29) is 5.56 Å². The summed E-state index contributed by atoms with van der Waals surface area (Å²) >= 11 is 0. The molecule has 0 bridgehead atoms. The normalized spacial score (nSPS) is 12.0. The van der Waals surface area contributed by atoms with Gasteiger partial charge in [-0.25, -0.2) is 0 Å². The molecule has 0 amide bonds. The molecule has 0 spiro atoms. The van der Waals surface area contributed by atoms with Gasteiger partial charge in [0.25, 0.3) is 5.56 Å². The minimum Gasteiger partial charge on any atom is -0.276 e. The third-order valence-electron chi connectivity index (χ3n) is 12.1. The summed E-state index contributed by atoms with van der Waals surface area (Å²) in [4.78, 5) is 14.1. The number of pyridine rings is 1. The van der Waals surface area contributed by atoms with Crippen molar-refractivity contribution >= 4 is 81.1 Å². The van der Waals surface area contributed by atoms with E-state index in [1.807, 2.05) is 65.3 Å². The molecule has 0 aliphatic heterocycles. The molecular weight excluding hydrogens is 715 g/mol. The van der Waals surface area contributed by atoms with Gasteiger partial charge < -0.3 is 0 Å². The molecular formula is C57H37NO. The molecule has 0 saturated carbocycles. The van der Waals surface area contributed by atoms with Gasteiger partial charge in [-0.3, -0.25) is 9.36 Å². The lowest BCUT2D eigenvalue weighted by molar-refractivity contribution is 1.06. The van der Waals surface area contributed by atoms with Crippen molar-refractivity contribution < 1.29 is 0 Å². The molecule has 0 N–H and O–H groups in total. The van der Waals surface area contributed by atoms with Crippen LogP contribution in [0.3, 0.4) is 0 Å². The second kappa shape index (κ2) is 13.7. The van der Waals surface area contributed by atoms with Gasteiger partial charge in [0.05, 0.1) is 5.52 Å². The molecule has 11 aromatic rings. The van der Waals surface area contributed by atoms with Crippen LogP contribution in [0, 0.1) is 0 Å². The van der Waals surface area contributed by atoms with Gasteiger partial charge >= 0.3 is 0 Å². The average molecular weight is 752 g/mol. The highest BCUT2D eigenvalue weighted by Crippen LogP contribution is 2.46. The summed E-state index contributed by atoms with van der Waals surface area (Å²) in [6, 6.07) is 64.4. The monoisotopic (exact) mass is 751 g/mol. The molecule has 0 unspecified atom stereocenters. The average Bonchev–Trinajstić information content (AvgIpc) is 3.29. The molecule has 2 nitrogen and oxygen atoms in total. The summed E-state index contributed by atoms with van der Waals surface area (Å²) in [5.74, 6) is 0. The van der Waals surface area contributed by atoms with Crippen LogP contribution >= 0.6 is 0 Å². The lowest BCUT2D eigenvalue weighted by Gasteiger charge is -2.20. The number of rotatable bonds is 6. The highest BCUT2D eigenvalue weighted by Gasteiger charge is 2.20. The predicted molar refractivity (Wildman–Crippen MR) is 254 cm³/mol. The summed E-state index contributed by atoms with van der Waals surface area (Å²) < 4.78 is 1.85. The van der Waals surface area contributed by atoms with Crippen LogP contribution in [0.2, 0.25) is 0 Å². The van der Waals surface area contributed by atoms with Crippen molar-refractivity contribution in [3.8, 4) is 27.9 Å². The van der Waals surface area contributed by atoms with Crippen LogP contribution in [0.25, 0.3) is 109 Å². The Morgan fingerprint density at radius 1 is 0.441 bits per heavy atom. The van der Waals surface area contributed by atoms with Crippen LogP contribution in [0.1, 0.15) is 5.56 Å². The molecule has 0 fully saturated rings. The first kappa shape index (κ1) is 34.4. The first-order chi connectivity index (χ1) is 29.1. The number of hydrogen-bond acceptors (Lipinski definition) is 1. The van der Waals surface area contributed by atoms with E-state index >= 15 is 0 Å². The van der Waals surface area contributed by atoms with Crippen molar-refractivity contribution in [3.05, 3.63) is 229 Å². The number of para-hydroxylation sites is 1. The Balaban J connectivity index is 1.15. The molecule has 11 rings (SSSR count). The molecule has 1 heterocycles. The Morgan fingerprint density at radius 3 is 1.68 bits per heavy atom. The smallest absolute Gasteiger partial charge is 0.263 e. The van der Waals surface area contributed by atoms with Gasteiger partial charge in [0.15, 0.2) is 0 Å². The molecule has 0 saturated heterocycles. The zero-order valence-corrected chi connectivity index (χ0v) is 32.3. The lowest BCUT2D eigenvalue weighted by Crippen LogP contribution is -2.19. The van der Waals surface area contributed by atoms with Crippen LogP contribution in [0.5, 0.6) is 0 Å². The first-order valence-electron chi connectivity index (χ1n) is 20.0. The Hall–Kier alpha value is -7.81. The van der Waals surface area contributed by atoms with Gasteiger partial charge in [-0.15, -0.1) is 0 Å². The second-order valence-electron chi connectivity index (χ2n) is 15.2. The molecule has 0 aliphatic carbocycles. The fourth-order valence-corrected chi connectivity index (χ4v) is 9.61. The lowest BCUT2D eigenvalue weighted by atomic mass is 9.83. The quantitative estimate of drug-likeness (QED) is 0.0942. The van der Waals surface area contributed by atoms with E-state index in [1.165, 1.54) is 76.1 Å². The number of allylic oxidation sites excluding steroid dienone is 4. The van der Waals surface area contributed by atoms with Crippen molar-refractivity contribution in [2.45, 2.75) is 0 Å². The molecule has 59 heavy (non-hydrogen) atoms. The predicted octanol–water partition coefficient (Wildman–Crippen LogP) is 15.0. The molecule has 10 aromatic carbocycles. The van der Waals surface area contributed by atoms with Crippen LogP contribution < -0.4 is 5.56 Å². The Bertz CT molecular complexity index is 3600. The van der Waals surface area contributed by atoms with Crippen molar-refractivity contribution in [2.24, 2.45) is 0 Å². The van der Waals surface area contributed by atoms with Crippen molar-refractivity contribution in [3.63, 3.8) is 0 Å². The van der Waals surface area contributed by atoms with E-state index in [9.17, 15) is 4.79 Å². The van der Waals surface area contributed by atoms with E-state index in [1.54, 1.807) is 0 Å². The summed E-state index contributed by atoms with van der Waals surface area (Å²) in [6.45, 7) is 8.19. The van der Waals surface area contributed by atoms with E-state index in [2.05, 4.69) is 153 Å². The summed E-state index contributed by atoms with van der Waals surface area (Å²) in [5.41, 5.74) is 8.63. The fraction of sp³-hybridized carbons (Fsp3) is 0. The zero-order valence-electron chi connectivity index (χ0n) is 32.3. The van der Waals surface area contributed by atoms with Crippen LogP contribution in [0.4, 0.5) is 0 Å². The van der Waals surface area contributed by atoms with Gasteiger partial charge in [0.2, 0.25) is 0 Å². The van der Waals surface area contributed by atoms with E-state index in [0.717, 1.165) is 33.1 Å². The first-order valence-corrected chi connectivity index (χ1v) is 20.0. The topological polar surface area (TPSA) is 22.0 Å². The van der Waals surface area contributed by atoms with Gasteiger partial charge in [0, 0.05) is 16.5 Å². The Morgan fingerprint density at radius 2 is 0.983 bits per heavy atom. The molecule has 2 heteroatoms. The maximum atomic E-state index is 14.1. The Labute approximate surface area is 341 Å². The summed E-state index contributed by atoms with van der Waals surface area (Å²) in [7, 11) is 0. The number of hydrogen-bond donors (Lipinski definition) is 0. The van der Waals surface area contributed by atoms with Crippen LogP contribution in [-0.4, -0.2) is 4.57 Å². The SMILES string of the molecule is C=C/C=C(\C=C)c1c2ccccc2c(-c2cccc3c2ccc2c(-c4ccc(-n5c(=O)c6ccccc6c6ccccc65)cc4)c4ccccc4cc23)c2ccccc12. The molecule has 0 radical (unpaired) electrons. The van der Waals surface area contributed by atoms with Gasteiger partial charge in [0.1, 0.15) is 0 Å². The Kier molecular flexibility index (Phi) is 7.99. The van der Waals surface area contributed by atoms with Crippen molar-refractivity contribution in [2.75, 3.05) is 0 Å². The molecule has 0 atom stereocenters. The van der Waals surface area contributed by atoms with Gasteiger partial charge in [-0.05, 0) is 123 Å². The highest BCUT2D eigenvalue weighted by molar-refractivity contribution is 6.26. The number of nitrogens with zero attached hydrogens (tertiary/aromatic N) is 1. The van der Waals surface area contributed by atoms with Crippen molar-refractivity contribution in [1.29, 1.82) is 0 Å². The highest BCUT2D eigenvalue weighted by atomic mass is 16.1. The van der Waals surface area contributed by atoms with Crippen LogP contribution in [0.15, 0.2) is 218 Å². The van der Waals surface area contributed by atoms with E-state index in [0.29, 0.717) is 5.39 Å². The summed E-state index contributed by atoms with van der Waals surface area (Å²) in [6.07, 6.45) is 5.82. The molecule has 1 aromatic heterocycles. The zero-order chi connectivity index (χ0) is 39.6. The maximum Gasteiger partial charge on any atom is 0.263 e. The molecule has 276 valence electrons. The fourth-order valence-electron chi connectivity index (χ4n) is 9.61. The van der Waals surface area contributed by atoms with E-state index < -0.39 is 0 Å². The van der Waals surface area contributed by atoms with Gasteiger partial charge in [-0.2, -0.15) is 0 Å². The number of aromatic nitrogens is 1. The van der Waals surface area contributed by atoms with Gasteiger partial charge in [-0.1, -0.05) is 183 Å².